The van der Waals surface area contributed by atoms with Crippen LogP contribution in [0.2, 0.25) is 0 Å². The number of hydrogen-bond acceptors (Lipinski definition) is 10. The molecule has 0 unspecified atom stereocenters. The lowest BCUT2D eigenvalue weighted by Crippen LogP contribution is -2.36. The Morgan fingerprint density at radius 3 is 2.62 bits per heavy atom. The molecule has 14 heteroatoms. The molecule has 4 heterocycles. The minimum Gasteiger partial charge on any atom is -0.472 e. The zero-order chi connectivity index (χ0) is 34.0. The van der Waals surface area contributed by atoms with E-state index in [0.29, 0.717) is 23.8 Å². The predicted molar refractivity (Wildman–Crippen MR) is 185 cm³/mol. The highest BCUT2D eigenvalue weighted by molar-refractivity contribution is 7.98. The van der Waals surface area contributed by atoms with Crippen molar-refractivity contribution in [2.75, 3.05) is 18.1 Å². The number of carbonyl (C=O) groups excluding carboxylic acids is 1. The zero-order valence-electron chi connectivity index (χ0n) is 27.5. The van der Waals surface area contributed by atoms with Crippen molar-refractivity contribution in [1.29, 1.82) is 0 Å². The van der Waals surface area contributed by atoms with Gasteiger partial charge in [-0.05, 0) is 79.5 Å². The molecule has 2 atom stereocenters. The number of nitrogens with zero attached hydrogens (tertiary/aromatic N) is 7. The molecule has 1 N–H and O–H groups in total. The van der Waals surface area contributed by atoms with Gasteiger partial charge in [-0.3, -0.25) is 4.79 Å². The molecule has 1 amide bonds. The van der Waals surface area contributed by atoms with E-state index in [0.717, 1.165) is 38.9 Å². The minimum atomic E-state index is -3.90. The summed E-state index contributed by atoms with van der Waals surface area (Å²) in [4.78, 5) is 26.5. The number of ether oxygens (including phenoxy) is 1. The molecule has 0 fully saturated rings. The maximum absolute atomic E-state index is 13.9. The van der Waals surface area contributed by atoms with Crippen molar-refractivity contribution in [2.45, 2.75) is 75.7 Å². The molecule has 2 aromatic carbocycles. The maximum Gasteiger partial charge on any atom is 0.248 e. The summed E-state index contributed by atoms with van der Waals surface area (Å²) in [5, 5.41) is 12.3. The van der Waals surface area contributed by atoms with Crippen LogP contribution < -0.4 is 10.1 Å². The Morgan fingerprint density at radius 1 is 1.10 bits per heavy atom. The third-order valence-electron chi connectivity index (χ3n) is 8.76. The fourth-order valence-electron chi connectivity index (χ4n) is 6.04. The second-order valence-corrected chi connectivity index (χ2v) is 14.4. The van der Waals surface area contributed by atoms with Crippen molar-refractivity contribution in [3.05, 3.63) is 88.9 Å². The Balaban J connectivity index is 1.38. The Labute approximate surface area is 284 Å². The normalized spacial score (nSPS) is 16.6. The summed E-state index contributed by atoms with van der Waals surface area (Å²) in [6.45, 7) is 8.95. The van der Waals surface area contributed by atoms with E-state index >= 15 is 0 Å². The summed E-state index contributed by atoms with van der Waals surface area (Å²) >= 11 is 1.42. The van der Waals surface area contributed by atoms with Crippen LogP contribution in [0.1, 0.15) is 60.4 Å². The van der Waals surface area contributed by atoms with Gasteiger partial charge in [0.1, 0.15) is 16.5 Å². The number of benzene rings is 2. The molecule has 5 aromatic rings. The lowest BCUT2D eigenvalue weighted by Gasteiger charge is -2.25. The topological polar surface area (TPSA) is 145 Å². The van der Waals surface area contributed by atoms with Gasteiger partial charge in [-0.1, -0.05) is 48.2 Å². The lowest BCUT2D eigenvalue weighted by molar-refractivity contribution is -0.116. The molecule has 0 radical (unpaired) electrons. The number of rotatable bonds is 10. The third-order valence-corrected chi connectivity index (χ3v) is 11.2. The van der Waals surface area contributed by atoms with Crippen LogP contribution in [0.5, 0.6) is 5.88 Å². The van der Waals surface area contributed by atoms with Gasteiger partial charge < -0.3 is 10.1 Å². The maximum atomic E-state index is 13.9. The largest absolute Gasteiger partial charge is 0.472 e. The number of amides is 1. The van der Waals surface area contributed by atoms with Crippen LogP contribution >= 0.6 is 11.8 Å². The number of fused-ring (bicyclic) bond motifs is 2. The molecule has 0 aliphatic carbocycles. The first-order chi connectivity index (χ1) is 23.1. The number of hydrogen-bond donors (Lipinski definition) is 1. The second kappa shape index (κ2) is 14.0. The first kappa shape index (κ1) is 33.5. The summed E-state index contributed by atoms with van der Waals surface area (Å²) in [5.41, 5.74) is 6.73. The molecule has 48 heavy (non-hydrogen) atoms. The monoisotopic (exact) mass is 686 g/mol. The van der Waals surface area contributed by atoms with Crippen molar-refractivity contribution >= 4 is 44.4 Å². The van der Waals surface area contributed by atoms with Gasteiger partial charge in [0.2, 0.25) is 21.8 Å². The van der Waals surface area contributed by atoms with E-state index in [1.165, 1.54) is 28.3 Å². The summed E-state index contributed by atoms with van der Waals surface area (Å²) in [5.74, 6) is -0.450. The highest BCUT2D eigenvalue weighted by Gasteiger charge is 2.35. The smallest absolute Gasteiger partial charge is 0.248 e. The lowest BCUT2D eigenvalue weighted by atomic mass is 9.84. The second-order valence-electron chi connectivity index (χ2n) is 11.8. The van der Waals surface area contributed by atoms with E-state index in [-0.39, 0.29) is 48.2 Å². The fourth-order valence-corrected chi connectivity index (χ4v) is 7.87. The molecular formula is C34H38N8O4S2. The molecule has 0 saturated heterocycles. The van der Waals surface area contributed by atoms with Crippen LogP contribution in [-0.4, -0.2) is 67.5 Å². The Bertz CT molecular complexity index is 2070. The average Bonchev–Trinajstić information content (AvgIpc) is 3.48. The number of pyridine rings is 1. The van der Waals surface area contributed by atoms with Crippen molar-refractivity contribution < 1.29 is 17.9 Å². The molecule has 6 rings (SSSR count). The van der Waals surface area contributed by atoms with Crippen molar-refractivity contribution in [2.24, 2.45) is 0 Å². The quantitative estimate of drug-likeness (QED) is 0.148. The number of nitrogens with one attached hydrogen (secondary N) is 1. The van der Waals surface area contributed by atoms with E-state index in [1.807, 2.05) is 69.0 Å². The highest BCUT2D eigenvalue weighted by Crippen LogP contribution is 2.36. The first-order valence-corrected chi connectivity index (χ1v) is 18.5. The molecule has 0 bridgehead atoms. The van der Waals surface area contributed by atoms with Crippen LogP contribution in [0.4, 0.5) is 5.69 Å². The van der Waals surface area contributed by atoms with Crippen LogP contribution in [0, 0.1) is 13.8 Å². The van der Waals surface area contributed by atoms with Crippen LogP contribution in [0.3, 0.4) is 0 Å². The molecule has 0 saturated carbocycles. The summed E-state index contributed by atoms with van der Waals surface area (Å²) in [6.07, 6.45) is 7.00. The van der Waals surface area contributed by atoms with Crippen molar-refractivity contribution in [3.63, 3.8) is 0 Å². The molecule has 0 spiro atoms. The molecule has 3 aromatic heterocycles. The van der Waals surface area contributed by atoms with E-state index in [9.17, 15) is 13.2 Å². The Kier molecular flexibility index (Phi) is 9.76. The summed E-state index contributed by atoms with van der Waals surface area (Å²) in [7, 11) is -3.90. The Hall–Kier alpha value is -4.40. The van der Waals surface area contributed by atoms with E-state index in [2.05, 4.69) is 30.6 Å². The predicted octanol–water partition coefficient (Wildman–Crippen LogP) is 5.50. The molecule has 12 nitrogen and oxygen atoms in total. The van der Waals surface area contributed by atoms with E-state index in [4.69, 9.17) is 4.74 Å². The van der Waals surface area contributed by atoms with Gasteiger partial charge in [0.15, 0.2) is 5.16 Å². The number of anilines is 1. The van der Waals surface area contributed by atoms with Gasteiger partial charge in [0, 0.05) is 31.6 Å². The van der Waals surface area contributed by atoms with Gasteiger partial charge in [-0.15, -0.1) is 5.10 Å². The van der Waals surface area contributed by atoms with Crippen LogP contribution in [-0.2, 0) is 27.9 Å². The molecule has 1 aliphatic heterocycles. The molecule has 1 aliphatic rings. The zero-order valence-corrected chi connectivity index (χ0v) is 29.2. The fraction of sp³-hybridized carbons (Fsp3) is 0.353. The first-order valence-electron chi connectivity index (χ1n) is 15.8. The van der Waals surface area contributed by atoms with E-state index in [1.54, 1.807) is 18.5 Å². The molecule has 250 valence electrons. The van der Waals surface area contributed by atoms with Gasteiger partial charge in [-0.2, -0.15) is 4.31 Å². The number of thioether (sulfide) groups is 1. The van der Waals surface area contributed by atoms with Gasteiger partial charge in [0.25, 0.3) is 0 Å². The number of carbonyl (C=O) groups is 1. The number of aryl methyl sites for hydroxylation is 3. The van der Waals surface area contributed by atoms with Gasteiger partial charge >= 0.3 is 0 Å². The summed E-state index contributed by atoms with van der Waals surface area (Å²) < 4.78 is 37.2. The SMILES string of the molecule is CC[C@@H]1CN(Cc2cc([C@H](CC(=O)Nc3cnc(SC)nc3)c3ccc4c(nnn4CC)c3C)ccc2C)S(=O)(=O)c2cccnc2O1. The van der Waals surface area contributed by atoms with Gasteiger partial charge in [-0.25, -0.2) is 28.1 Å². The summed E-state index contributed by atoms with van der Waals surface area (Å²) in [6, 6.07) is 13.2. The average molecular weight is 687 g/mol. The van der Waals surface area contributed by atoms with E-state index < -0.39 is 10.0 Å². The van der Waals surface area contributed by atoms with Gasteiger partial charge in [0.05, 0.1) is 30.1 Å². The van der Waals surface area contributed by atoms with Crippen LogP contribution in [0.25, 0.3) is 11.0 Å². The van der Waals surface area contributed by atoms with Crippen molar-refractivity contribution in [3.8, 4) is 5.88 Å². The number of aromatic nitrogens is 6. The van der Waals surface area contributed by atoms with Crippen LogP contribution in [0.15, 0.2) is 71.1 Å². The molecular weight excluding hydrogens is 649 g/mol. The standard InChI is InChI=1S/C34H38N8O4S2/c1-6-26-20-41(48(44,45)30-9-8-14-35-33(30)46-26)19-24-15-23(11-10-21(24)3)28(16-31(43)38-25-17-36-34(47-5)37-18-25)27-12-13-29-32(22(27)4)39-40-42(29)7-2/h8-15,17-18,26,28H,6-7,16,19-20H2,1-5H3,(H,38,43)/t26-,28+/m1/s1. The Morgan fingerprint density at radius 2 is 1.90 bits per heavy atom. The van der Waals surface area contributed by atoms with Crippen molar-refractivity contribution in [1.82, 2.24) is 34.3 Å². The third kappa shape index (κ3) is 6.64. The minimum absolute atomic E-state index is 0.0582. The highest BCUT2D eigenvalue weighted by atomic mass is 32.2. The number of sulfonamides is 1.